The highest BCUT2D eigenvalue weighted by atomic mass is 16.3. The number of carbonyl (C=O) groups excluding carboxylic acids is 1. The van der Waals surface area contributed by atoms with E-state index in [2.05, 4.69) is 10.3 Å². The van der Waals surface area contributed by atoms with Gasteiger partial charge in [0.2, 0.25) is 0 Å². The van der Waals surface area contributed by atoms with Gasteiger partial charge in [0.25, 0.3) is 5.91 Å². The molecule has 0 spiro atoms. The fraction of sp³-hybridized carbons (Fsp3) is 0.304. The average molecular weight is 390 g/mol. The summed E-state index contributed by atoms with van der Waals surface area (Å²) >= 11 is 0. The van der Waals surface area contributed by atoms with E-state index in [1.54, 1.807) is 6.20 Å². The molecule has 1 aliphatic carbocycles. The third-order valence-electron chi connectivity index (χ3n) is 5.52. The maximum Gasteiger partial charge on any atom is 0.253 e. The highest BCUT2D eigenvalue weighted by molar-refractivity contribution is 5.98. The number of aryl methyl sites for hydroxylation is 1. The van der Waals surface area contributed by atoms with Gasteiger partial charge in [0.1, 0.15) is 0 Å². The summed E-state index contributed by atoms with van der Waals surface area (Å²) in [6, 6.07) is 11.9. The predicted molar refractivity (Wildman–Crippen MR) is 113 cm³/mol. The number of aliphatic hydroxyl groups is 1. The van der Waals surface area contributed by atoms with Crippen LogP contribution in [-0.4, -0.2) is 39.8 Å². The van der Waals surface area contributed by atoms with Crippen LogP contribution in [0.15, 0.2) is 55.0 Å². The highest BCUT2D eigenvalue weighted by Gasteiger charge is 2.27. The fourth-order valence-corrected chi connectivity index (χ4v) is 4.12. The second kappa shape index (κ2) is 8.59. The van der Waals surface area contributed by atoms with Crippen molar-refractivity contribution in [1.29, 1.82) is 0 Å². The normalized spacial score (nSPS) is 13.4. The minimum atomic E-state index is -0.137. The van der Waals surface area contributed by atoms with E-state index in [1.807, 2.05) is 53.4 Å². The van der Waals surface area contributed by atoms with Gasteiger partial charge in [-0.15, -0.1) is 0 Å². The van der Waals surface area contributed by atoms with E-state index in [0.717, 1.165) is 35.2 Å². The second-order valence-corrected chi connectivity index (χ2v) is 7.42. The minimum absolute atomic E-state index is 0.0159. The molecule has 0 saturated heterocycles. The summed E-state index contributed by atoms with van der Waals surface area (Å²) in [4.78, 5) is 17.4. The van der Waals surface area contributed by atoms with Crippen LogP contribution in [0.5, 0.6) is 0 Å². The van der Waals surface area contributed by atoms with Crippen molar-refractivity contribution in [1.82, 2.24) is 14.9 Å². The quantitative estimate of drug-likeness (QED) is 0.575. The maximum atomic E-state index is 13.2. The summed E-state index contributed by atoms with van der Waals surface area (Å²) in [6.07, 6.45) is 7.84. The Hall–Kier alpha value is -2.96. The Bertz CT molecular complexity index is 997. The van der Waals surface area contributed by atoms with Crippen LogP contribution in [-0.2, 0) is 25.8 Å². The zero-order chi connectivity index (χ0) is 20.2. The predicted octanol–water partition coefficient (Wildman–Crippen LogP) is 1.94. The van der Waals surface area contributed by atoms with Crippen molar-refractivity contribution in [2.75, 3.05) is 13.2 Å². The molecule has 0 aliphatic heterocycles. The number of pyridine rings is 1. The summed E-state index contributed by atoms with van der Waals surface area (Å²) in [5.41, 5.74) is 12.1. The lowest BCUT2D eigenvalue weighted by Gasteiger charge is -2.20. The summed E-state index contributed by atoms with van der Waals surface area (Å²) < 4.78 is 1.98. The van der Waals surface area contributed by atoms with E-state index in [4.69, 9.17) is 5.73 Å². The average Bonchev–Trinajstić information content (AvgIpc) is 3.13. The molecule has 1 atom stereocenters. The molecule has 0 saturated carbocycles. The first-order valence-electron chi connectivity index (χ1n) is 10.0. The number of nitrogens with one attached hydrogen (secondary N) is 1. The van der Waals surface area contributed by atoms with E-state index < -0.39 is 0 Å². The van der Waals surface area contributed by atoms with E-state index in [1.165, 1.54) is 5.56 Å². The molecule has 0 radical (unpaired) electrons. The molecule has 2 heterocycles. The summed E-state index contributed by atoms with van der Waals surface area (Å²) in [6.45, 7) is 0.832. The molecular weight excluding hydrogens is 364 g/mol. The summed E-state index contributed by atoms with van der Waals surface area (Å²) in [5, 5.41) is 12.6. The van der Waals surface area contributed by atoms with Crippen LogP contribution in [0, 0.1) is 0 Å². The zero-order valence-corrected chi connectivity index (χ0v) is 16.3. The van der Waals surface area contributed by atoms with Crippen molar-refractivity contribution in [3.8, 4) is 11.3 Å². The Morgan fingerprint density at radius 3 is 2.83 bits per heavy atom. The fourth-order valence-electron chi connectivity index (χ4n) is 4.12. The van der Waals surface area contributed by atoms with Gasteiger partial charge in [0, 0.05) is 43.3 Å². The number of hydrogen-bond donors (Lipinski definition) is 3. The van der Waals surface area contributed by atoms with E-state index in [0.29, 0.717) is 25.1 Å². The molecule has 6 heteroatoms. The van der Waals surface area contributed by atoms with Crippen molar-refractivity contribution in [3.63, 3.8) is 0 Å². The SMILES string of the molecule is NC[C@H](Cc1ccccc1)NC(=O)c1cn(CCO)c2c1CCc1cnccc1-2. The molecule has 1 amide bonds. The molecule has 29 heavy (non-hydrogen) atoms. The minimum Gasteiger partial charge on any atom is -0.395 e. The first-order valence-corrected chi connectivity index (χ1v) is 10.0. The number of nitrogens with zero attached hydrogens (tertiary/aromatic N) is 2. The maximum absolute atomic E-state index is 13.2. The van der Waals surface area contributed by atoms with Crippen LogP contribution in [0.3, 0.4) is 0 Å². The van der Waals surface area contributed by atoms with E-state index in [9.17, 15) is 9.90 Å². The van der Waals surface area contributed by atoms with Crippen LogP contribution in [0.2, 0.25) is 0 Å². The molecule has 4 N–H and O–H groups in total. The Balaban J connectivity index is 1.62. The number of nitrogens with two attached hydrogens (primary N) is 1. The molecule has 6 nitrogen and oxygen atoms in total. The number of benzene rings is 1. The summed E-state index contributed by atoms with van der Waals surface area (Å²) in [5.74, 6) is -0.109. The first kappa shape index (κ1) is 19.4. The lowest BCUT2D eigenvalue weighted by Crippen LogP contribution is -2.41. The molecule has 0 bridgehead atoms. The van der Waals surface area contributed by atoms with Crippen molar-refractivity contribution < 1.29 is 9.90 Å². The molecule has 0 unspecified atom stereocenters. The number of hydrogen-bond acceptors (Lipinski definition) is 4. The van der Waals surface area contributed by atoms with Crippen LogP contribution in [0.1, 0.15) is 27.0 Å². The van der Waals surface area contributed by atoms with Gasteiger partial charge in [-0.25, -0.2) is 0 Å². The van der Waals surface area contributed by atoms with E-state index in [-0.39, 0.29) is 18.6 Å². The van der Waals surface area contributed by atoms with Gasteiger partial charge < -0.3 is 20.7 Å². The largest absolute Gasteiger partial charge is 0.395 e. The van der Waals surface area contributed by atoms with Crippen LogP contribution in [0.4, 0.5) is 0 Å². The Morgan fingerprint density at radius 1 is 1.24 bits per heavy atom. The number of aliphatic hydroxyl groups excluding tert-OH is 1. The standard InChI is InChI=1S/C23H26N4O2/c24-13-18(12-16-4-2-1-3-5-16)26-23(29)21-15-27(10-11-28)22-19-8-9-25-14-17(19)6-7-20(21)22/h1-5,8-9,14-15,18,28H,6-7,10-13,24H2,(H,26,29)/t18-/m0/s1. The van der Waals surface area contributed by atoms with Crippen LogP contribution >= 0.6 is 0 Å². The van der Waals surface area contributed by atoms with Gasteiger partial charge in [-0.2, -0.15) is 0 Å². The second-order valence-electron chi connectivity index (χ2n) is 7.42. The van der Waals surface area contributed by atoms with Gasteiger partial charge in [-0.1, -0.05) is 30.3 Å². The Morgan fingerprint density at radius 2 is 2.07 bits per heavy atom. The third kappa shape index (κ3) is 3.95. The zero-order valence-electron chi connectivity index (χ0n) is 16.3. The number of aromatic nitrogens is 2. The lowest BCUT2D eigenvalue weighted by atomic mass is 9.89. The number of rotatable bonds is 7. The summed E-state index contributed by atoms with van der Waals surface area (Å²) in [7, 11) is 0. The number of carbonyl (C=O) groups is 1. The first-order chi connectivity index (χ1) is 14.2. The third-order valence-corrected chi connectivity index (χ3v) is 5.52. The Kier molecular flexibility index (Phi) is 5.74. The number of amides is 1. The van der Waals surface area contributed by atoms with Gasteiger partial charge in [0.15, 0.2) is 0 Å². The lowest BCUT2D eigenvalue weighted by molar-refractivity contribution is 0.0937. The molecule has 4 rings (SSSR count). The smallest absolute Gasteiger partial charge is 0.253 e. The molecule has 2 aromatic heterocycles. The topological polar surface area (TPSA) is 93.2 Å². The van der Waals surface area contributed by atoms with Gasteiger partial charge in [0.05, 0.1) is 17.9 Å². The van der Waals surface area contributed by atoms with E-state index >= 15 is 0 Å². The molecule has 3 aromatic rings. The monoisotopic (exact) mass is 390 g/mol. The van der Waals surface area contributed by atoms with Crippen molar-refractivity contribution in [2.24, 2.45) is 5.73 Å². The molecule has 0 fully saturated rings. The van der Waals surface area contributed by atoms with Crippen molar-refractivity contribution in [3.05, 3.63) is 77.2 Å². The van der Waals surface area contributed by atoms with Gasteiger partial charge in [-0.3, -0.25) is 9.78 Å². The van der Waals surface area contributed by atoms with Crippen LogP contribution < -0.4 is 11.1 Å². The molecule has 1 aliphatic rings. The Labute approximate surface area is 170 Å². The molecular formula is C23H26N4O2. The van der Waals surface area contributed by atoms with Crippen LogP contribution in [0.25, 0.3) is 11.3 Å². The van der Waals surface area contributed by atoms with Crippen molar-refractivity contribution >= 4 is 5.91 Å². The van der Waals surface area contributed by atoms with Gasteiger partial charge in [-0.05, 0) is 42.0 Å². The molecule has 150 valence electrons. The van der Waals surface area contributed by atoms with Crippen molar-refractivity contribution in [2.45, 2.75) is 31.8 Å². The highest BCUT2D eigenvalue weighted by Crippen LogP contribution is 2.36. The molecule has 1 aromatic carbocycles. The van der Waals surface area contributed by atoms with Gasteiger partial charge >= 0.3 is 0 Å². The number of fused-ring (bicyclic) bond motifs is 3.